The molecule has 0 unspecified atom stereocenters. The third-order valence-electron chi connectivity index (χ3n) is 2.01. The number of nitrogens with zero attached hydrogens (tertiary/aromatic N) is 1. The van der Waals surface area contributed by atoms with Crippen LogP contribution in [0.1, 0.15) is 6.92 Å². The van der Waals surface area contributed by atoms with Crippen molar-refractivity contribution in [3.05, 3.63) is 23.2 Å². The van der Waals surface area contributed by atoms with Gasteiger partial charge in [0.2, 0.25) is 0 Å². The second-order valence-corrected chi connectivity index (χ2v) is 4.99. The highest BCUT2D eigenvalue weighted by Gasteiger charge is 2.09. The zero-order valence-corrected chi connectivity index (χ0v) is 11.6. The number of amides is 2. The number of benzene rings is 1. The van der Waals surface area contributed by atoms with Crippen molar-refractivity contribution in [1.29, 1.82) is 0 Å². The first-order chi connectivity index (χ1) is 8.08. The Bertz CT molecular complexity index is 401. The van der Waals surface area contributed by atoms with E-state index in [1.807, 2.05) is 6.92 Å². The highest BCUT2D eigenvalue weighted by Crippen LogP contribution is 2.27. The van der Waals surface area contributed by atoms with Crippen molar-refractivity contribution >= 4 is 35.3 Å². The van der Waals surface area contributed by atoms with Crippen LogP contribution in [0.4, 0.5) is 10.5 Å². The van der Waals surface area contributed by atoms with Crippen LogP contribution >= 0.6 is 23.5 Å². The molecule has 0 aliphatic carbocycles. The standard InChI is InChI=1S/C11H15ClN2O2S/c1-4-17-14(2)11(15)13-8-5-6-10(16-3)9(12)7-8/h5-7H,4H2,1-3H3,(H,13,15). The van der Waals surface area contributed by atoms with Gasteiger partial charge in [0.25, 0.3) is 0 Å². The number of halogens is 1. The highest BCUT2D eigenvalue weighted by atomic mass is 35.5. The molecule has 2 amide bonds. The lowest BCUT2D eigenvalue weighted by molar-refractivity contribution is 0.243. The summed E-state index contributed by atoms with van der Waals surface area (Å²) in [6.45, 7) is 1.98. The van der Waals surface area contributed by atoms with Gasteiger partial charge in [-0.1, -0.05) is 18.5 Å². The summed E-state index contributed by atoms with van der Waals surface area (Å²) in [5.41, 5.74) is 0.643. The van der Waals surface area contributed by atoms with Gasteiger partial charge in [0.05, 0.1) is 12.1 Å². The lowest BCUT2D eigenvalue weighted by atomic mass is 10.3. The van der Waals surface area contributed by atoms with E-state index in [0.717, 1.165) is 5.75 Å². The van der Waals surface area contributed by atoms with Gasteiger partial charge in [-0.15, -0.1) is 0 Å². The summed E-state index contributed by atoms with van der Waals surface area (Å²) in [4.78, 5) is 11.7. The number of carbonyl (C=O) groups is 1. The second kappa shape index (κ2) is 6.61. The van der Waals surface area contributed by atoms with Crippen molar-refractivity contribution < 1.29 is 9.53 Å². The topological polar surface area (TPSA) is 41.6 Å². The number of carbonyl (C=O) groups excluding carboxylic acids is 1. The normalized spacial score (nSPS) is 9.88. The minimum Gasteiger partial charge on any atom is -0.495 e. The molecule has 1 N–H and O–H groups in total. The third-order valence-corrected chi connectivity index (χ3v) is 3.12. The number of hydrogen-bond acceptors (Lipinski definition) is 3. The van der Waals surface area contributed by atoms with E-state index >= 15 is 0 Å². The Morgan fingerprint density at radius 2 is 2.29 bits per heavy atom. The number of nitrogens with one attached hydrogen (secondary N) is 1. The van der Waals surface area contributed by atoms with Crippen LogP contribution in [0.5, 0.6) is 5.75 Å². The Morgan fingerprint density at radius 3 is 2.82 bits per heavy atom. The molecule has 0 atom stereocenters. The van der Waals surface area contributed by atoms with Gasteiger partial charge in [-0.3, -0.25) is 4.31 Å². The fourth-order valence-electron chi connectivity index (χ4n) is 1.20. The van der Waals surface area contributed by atoms with E-state index in [4.69, 9.17) is 16.3 Å². The summed E-state index contributed by atoms with van der Waals surface area (Å²) >= 11 is 7.39. The molecule has 0 radical (unpaired) electrons. The van der Waals surface area contributed by atoms with Gasteiger partial charge < -0.3 is 10.1 Å². The number of urea groups is 1. The fraction of sp³-hybridized carbons (Fsp3) is 0.364. The molecule has 4 nitrogen and oxygen atoms in total. The van der Waals surface area contributed by atoms with E-state index in [0.29, 0.717) is 16.5 Å². The molecule has 0 aliphatic heterocycles. The van der Waals surface area contributed by atoms with E-state index in [9.17, 15) is 4.79 Å². The summed E-state index contributed by atoms with van der Waals surface area (Å²) in [6, 6.07) is 4.93. The summed E-state index contributed by atoms with van der Waals surface area (Å²) in [5, 5.41) is 3.21. The van der Waals surface area contributed by atoms with Crippen LogP contribution in [-0.2, 0) is 0 Å². The molecular formula is C11H15ClN2O2S. The van der Waals surface area contributed by atoms with Crippen LogP contribution in [0.15, 0.2) is 18.2 Å². The monoisotopic (exact) mass is 274 g/mol. The zero-order valence-electron chi connectivity index (χ0n) is 9.99. The predicted molar refractivity (Wildman–Crippen MR) is 72.9 cm³/mol. The van der Waals surface area contributed by atoms with Crippen LogP contribution in [0.25, 0.3) is 0 Å². The Morgan fingerprint density at radius 1 is 1.59 bits per heavy atom. The molecule has 94 valence electrons. The van der Waals surface area contributed by atoms with Gasteiger partial charge in [0.15, 0.2) is 0 Å². The van der Waals surface area contributed by atoms with Crippen LogP contribution in [0.3, 0.4) is 0 Å². The first kappa shape index (κ1) is 14.0. The van der Waals surface area contributed by atoms with Crippen molar-refractivity contribution in [2.45, 2.75) is 6.92 Å². The van der Waals surface area contributed by atoms with Gasteiger partial charge in [-0.25, -0.2) is 4.79 Å². The molecule has 0 saturated carbocycles. The number of rotatable bonds is 4. The van der Waals surface area contributed by atoms with Crippen molar-refractivity contribution in [1.82, 2.24) is 4.31 Å². The SMILES string of the molecule is CCSN(C)C(=O)Nc1ccc(OC)c(Cl)c1. The molecule has 0 heterocycles. The van der Waals surface area contributed by atoms with Crippen molar-refractivity contribution in [3.63, 3.8) is 0 Å². The highest BCUT2D eigenvalue weighted by molar-refractivity contribution is 7.97. The lowest BCUT2D eigenvalue weighted by Gasteiger charge is -2.16. The van der Waals surface area contributed by atoms with Gasteiger partial charge in [-0.05, 0) is 30.1 Å². The van der Waals surface area contributed by atoms with Crippen molar-refractivity contribution in [2.24, 2.45) is 0 Å². The van der Waals surface area contributed by atoms with Crippen LogP contribution in [0.2, 0.25) is 5.02 Å². The summed E-state index contributed by atoms with van der Waals surface area (Å²) in [6.07, 6.45) is 0. The Kier molecular flexibility index (Phi) is 5.44. The molecular weight excluding hydrogens is 260 g/mol. The van der Waals surface area contributed by atoms with Crippen LogP contribution in [0, 0.1) is 0 Å². The minimum absolute atomic E-state index is 0.182. The number of ether oxygens (including phenoxy) is 1. The third kappa shape index (κ3) is 4.02. The molecule has 1 rings (SSSR count). The molecule has 0 fully saturated rings. The van der Waals surface area contributed by atoms with Gasteiger partial charge in [0, 0.05) is 18.5 Å². The van der Waals surface area contributed by atoms with Gasteiger partial charge >= 0.3 is 6.03 Å². The lowest BCUT2D eigenvalue weighted by Crippen LogP contribution is -2.25. The quantitative estimate of drug-likeness (QED) is 0.855. The predicted octanol–water partition coefficient (Wildman–Crippen LogP) is 3.48. The first-order valence-electron chi connectivity index (χ1n) is 5.09. The maximum absolute atomic E-state index is 11.7. The molecule has 0 spiro atoms. The van der Waals surface area contributed by atoms with Crippen molar-refractivity contribution in [3.8, 4) is 5.75 Å². The Balaban J connectivity index is 2.69. The van der Waals surface area contributed by atoms with Crippen molar-refractivity contribution in [2.75, 3.05) is 25.2 Å². The summed E-state index contributed by atoms with van der Waals surface area (Å²) in [7, 11) is 3.26. The Hall–Kier alpha value is -1.07. The van der Waals surface area contributed by atoms with Crippen LogP contribution in [-0.4, -0.2) is 30.2 Å². The van der Waals surface area contributed by atoms with E-state index in [1.165, 1.54) is 16.3 Å². The minimum atomic E-state index is -0.182. The number of hydrogen-bond donors (Lipinski definition) is 1. The average molecular weight is 275 g/mol. The molecule has 17 heavy (non-hydrogen) atoms. The molecule has 1 aromatic carbocycles. The molecule has 6 heteroatoms. The summed E-state index contributed by atoms with van der Waals surface area (Å²) < 4.78 is 6.57. The smallest absolute Gasteiger partial charge is 0.331 e. The maximum atomic E-state index is 11.7. The molecule has 0 bridgehead atoms. The molecule has 0 saturated heterocycles. The molecule has 0 aromatic heterocycles. The zero-order chi connectivity index (χ0) is 12.8. The van der Waals surface area contributed by atoms with E-state index < -0.39 is 0 Å². The van der Waals surface area contributed by atoms with Gasteiger partial charge in [0.1, 0.15) is 5.75 Å². The van der Waals surface area contributed by atoms with E-state index in [-0.39, 0.29) is 6.03 Å². The molecule has 1 aromatic rings. The Labute approximate surface area is 110 Å². The number of methoxy groups -OCH3 is 1. The van der Waals surface area contributed by atoms with E-state index in [1.54, 1.807) is 32.4 Å². The van der Waals surface area contributed by atoms with E-state index in [2.05, 4.69) is 5.32 Å². The summed E-state index contributed by atoms with van der Waals surface area (Å²) in [5.74, 6) is 1.42. The maximum Gasteiger partial charge on any atom is 0.331 e. The second-order valence-electron chi connectivity index (χ2n) is 3.19. The average Bonchev–Trinajstić information content (AvgIpc) is 2.29. The first-order valence-corrected chi connectivity index (χ1v) is 6.41. The molecule has 0 aliphatic rings. The van der Waals surface area contributed by atoms with Gasteiger partial charge in [-0.2, -0.15) is 0 Å². The largest absolute Gasteiger partial charge is 0.495 e. The number of anilines is 1. The van der Waals surface area contributed by atoms with Crippen LogP contribution < -0.4 is 10.1 Å². The fourth-order valence-corrected chi connectivity index (χ4v) is 2.01.